The van der Waals surface area contributed by atoms with Crippen molar-refractivity contribution in [2.45, 2.75) is 59.0 Å². The van der Waals surface area contributed by atoms with E-state index in [1.807, 2.05) is 13.8 Å². The van der Waals surface area contributed by atoms with Gasteiger partial charge in [-0.1, -0.05) is 0 Å². The molecule has 0 radical (unpaired) electrons. The minimum absolute atomic E-state index is 0.250. The number of carboxylic acid groups (broad SMARTS) is 1. The Morgan fingerprint density at radius 3 is 2.17 bits per heavy atom. The van der Waals surface area contributed by atoms with Crippen LogP contribution in [0.5, 0.6) is 0 Å². The Kier molecular flexibility index (Phi) is 11.0. The second-order valence-corrected chi connectivity index (χ2v) is 6.89. The monoisotopic (exact) mass is 351 g/mol. The second-order valence-electron chi connectivity index (χ2n) is 5.74. The highest BCUT2D eigenvalue weighted by atomic mass is 32.2. The molecule has 7 nitrogen and oxygen atoms in total. The molecule has 1 unspecified atom stereocenters. The number of carbonyl (C=O) groups excluding carboxylic acids is 1. The first-order valence-corrected chi connectivity index (χ1v) is 8.88. The number of hydrogen-bond donors (Lipinski definition) is 2. The third-order valence-electron chi connectivity index (χ3n) is 2.48. The van der Waals surface area contributed by atoms with Crippen LogP contribution in [0.3, 0.4) is 0 Å². The number of hydrogen-bond acceptors (Lipinski definition) is 6. The summed E-state index contributed by atoms with van der Waals surface area (Å²) in [5.74, 6) is -0.168. The lowest BCUT2D eigenvalue weighted by Crippen LogP contribution is -2.45. The molecule has 0 aromatic heterocycles. The zero-order valence-electron chi connectivity index (χ0n) is 14.6. The molecule has 0 rings (SSSR count). The average Bonchev–Trinajstić information content (AvgIpc) is 2.40. The maximum absolute atomic E-state index is 11.6. The molecule has 0 aliphatic carbocycles. The van der Waals surface area contributed by atoms with Gasteiger partial charge in [-0.2, -0.15) is 11.8 Å². The summed E-state index contributed by atoms with van der Waals surface area (Å²) >= 11 is 1.42. The van der Waals surface area contributed by atoms with Gasteiger partial charge in [0, 0.05) is 25.4 Å². The molecule has 0 aromatic rings. The summed E-state index contributed by atoms with van der Waals surface area (Å²) in [6.07, 6.45) is -0.350. The van der Waals surface area contributed by atoms with Crippen LogP contribution in [0.1, 0.15) is 41.0 Å². The van der Waals surface area contributed by atoms with Crippen LogP contribution >= 0.6 is 11.8 Å². The number of carbonyl (C=O) groups is 2. The van der Waals surface area contributed by atoms with Crippen LogP contribution in [0.15, 0.2) is 0 Å². The molecule has 0 saturated carbocycles. The summed E-state index contributed by atoms with van der Waals surface area (Å²) < 4.78 is 15.9. The van der Waals surface area contributed by atoms with Gasteiger partial charge in [-0.3, -0.25) is 0 Å². The van der Waals surface area contributed by atoms with Crippen LogP contribution in [0.4, 0.5) is 4.79 Å². The molecule has 0 aliphatic heterocycles. The van der Waals surface area contributed by atoms with Gasteiger partial charge in [0.25, 0.3) is 0 Å². The molecule has 0 saturated heterocycles. The van der Waals surface area contributed by atoms with Crippen molar-refractivity contribution in [3.8, 4) is 0 Å². The largest absolute Gasteiger partial charge is 0.480 e. The maximum Gasteiger partial charge on any atom is 0.408 e. The number of aliphatic carboxylic acids is 1. The SMILES string of the molecule is CCOC(CCSCC(NC(=O)OC(C)(C)C)C(=O)O)OCC. The lowest BCUT2D eigenvalue weighted by Gasteiger charge is -2.22. The first kappa shape index (κ1) is 22.0. The van der Waals surface area contributed by atoms with Crippen molar-refractivity contribution in [1.29, 1.82) is 0 Å². The second kappa shape index (κ2) is 11.5. The first-order chi connectivity index (χ1) is 10.7. The van der Waals surface area contributed by atoms with Gasteiger partial charge in [0.2, 0.25) is 0 Å². The molecule has 0 fully saturated rings. The summed E-state index contributed by atoms with van der Waals surface area (Å²) in [6.45, 7) is 10.1. The van der Waals surface area contributed by atoms with E-state index in [-0.39, 0.29) is 12.0 Å². The van der Waals surface area contributed by atoms with E-state index in [1.54, 1.807) is 20.8 Å². The van der Waals surface area contributed by atoms with Crippen molar-refractivity contribution in [3.05, 3.63) is 0 Å². The van der Waals surface area contributed by atoms with Gasteiger partial charge in [-0.05, 0) is 40.4 Å². The van der Waals surface area contributed by atoms with Crippen molar-refractivity contribution in [2.75, 3.05) is 24.7 Å². The smallest absolute Gasteiger partial charge is 0.408 e. The van der Waals surface area contributed by atoms with E-state index in [2.05, 4.69) is 5.32 Å². The van der Waals surface area contributed by atoms with Gasteiger partial charge < -0.3 is 24.6 Å². The summed E-state index contributed by atoms with van der Waals surface area (Å²) in [7, 11) is 0. The van der Waals surface area contributed by atoms with E-state index in [1.165, 1.54) is 11.8 Å². The predicted octanol–water partition coefficient (Wildman–Crippen LogP) is 2.49. The number of alkyl carbamates (subject to hydrolysis) is 1. The normalized spacial score (nSPS) is 13.0. The standard InChI is InChI=1S/C15H29NO6S/c1-6-20-12(21-7-2)8-9-23-10-11(13(17)18)16-14(19)22-15(3,4)5/h11-12H,6-10H2,1-5H3,(H,16,19)(H,17,18). The topological polar surface area (TPSA) is 94.1 Å². The summed E-state index contributed by atoms with van der Waals surface area (Å²) in [4.78, 5) is 22.8. The van der Waals surface area contributed by atoms with Crippen molar-refractivity contribution in [1.82, 2.24) is 5.32 Å². The summed E-state index contributed by atoms with van der Waals surface area (Å²) in [5.41, 5.74) is -0.664. The molecule has 0 aromatic carbocycles. The molecule has 1 amide bonds. The van der Waals surface area contributed by atoms with E-state index in [0.717, 1.165) is 0 Å². The van der Waals surface area contributed by atoms with E-state index in [4.69, 9.17) is 19.3 Å². The Balaban J connectivity index is 4.19. The molecule has 136 valence electrons. The number of nitrogens with one attached hydrogen (secondary N) is 1. The van der Waals surface area contributed by atoms with Crippen molar-refractivity contribution in [2.24, 2.45) is 0 Å². The molecular weight excluding hydrogens is 322 g/mol. The summed E-state index contributed by atoms with van der Waals surface area (Å²) in [5, 5.41) is 11.5. The van der Waals surface area contributed by atoms with Crippen molar-refractivity contribution < 1.29 is 28.9 Å². The van der Waals surface area contributed by atoms with Crippen molar-refractivity contribution >= 4 is 23.8 Å². The van der Waals surface area contributed by atoms with Gasteiger partial charge in [-0.25, -0.2) is 9.59 Å². The van der Waals surface area contributed by atoms with Gasteiger partial charge in [0.15, 0.2) is 6.29 Å². The highest BCUT2D eigenvalue weighted by Crippen LogP contribution is 2.12. The Bertz CT molecular complexity index is 352. The Morgan fingerprint density at radius 2 is 1.74 bits per heavy atom. The molecule has 1 atom stereocenters. The fourth-order valence-corrected chi connectivity index (χ4v) is 2.58. The summed E-state index contributed by atoms with van der Waals surface area (Å²) in [6, 6.07) is -0.993. The molecule has 0 heterocycles. The highest BCUT2D eigenvalue weighted by molar-refractivity contribution is 7.99. The number of carboxylic acids is 1. The fraction of sp³-hybridized carbons (Fsp3) is 0.867. The van der Waals surface area contributed by atoms with Crippen LogP contribution in [0.25, 0.3) is 0 Å². The number of rotatable bonds is 11. The third kappa shape index (κ3) is 12.1. The van der Waals surface area contributed by atoms with Gasteiger partial charge in [0.05, 0.1) is 0 Å². The number of ether oxygens (including phenoxy) is 3. The van der Waals surface area contributed by atoms with Crippen LogP contribution in [-0.2, 0) is 19.0 Å². The van der Waals surface area contributed by atoms with Gasteiger partial charge in [0.1, 0.15) is 11.6 Å². The van der Waals surface area contributed by atoms with E-state index in [9.17, 15) is 9.59 Å². The van der Waals surface area contributed by atoms with E-state index >= 15 is 0 Å². The minimum Gasteiger partial charge on any atom is -0.480 e. The van der Waals surface area contributed by atoms with Crippen LogP contribution in [0.2, 0.25) is 0 Å². The maximum atomic E-state index is 11.6. The zero-order chi connectivity index (χ0) is 17.9. The molecule has 8 heteroatoms. The fourth-order valence-electron chi connectivity index (χ4n) is 1.59. The average molecular weight is 351 g/mol. The van der Waals surface area contributed by atoms with Gasteiger partial charge >= 0.3 is 12.1 Å². The predicted molar refractivity (Wildman–Crippen MR) is 89.8 cm³/mol. The van der Waals surface area contributed by atoms with Crippen LogP contribution < -0.4 is 5.32 Å². The Morgan fingerprint density at radius 1 is 1.17 bits per heavy atom. The van der Waals surface area contributed by atoms with Crippen LogP contribution in [0, 0.1) is 0 Å². The highest BCUT2D eigenvalue weighted by Gasteiger charge is 2.24. The molecule has 0 aliphatic rings. The van der Waals surface area contributed by atoms with Crippen molar-refractivity contribution in [3.63, 3.8) is 0 Å². The third-order valence-corrected chi connectivity index (χ3v) is 3.57. The Hall–Kier alpha value is -0.990. The quantitative estimate of drug-likeness (QED) is 0.436. The lowest BCUT2D eigenvalue weighted by molar-refractivity contribution is -0.138. The van der Waals surface area contributed by atoms with E-state index < -0.39 is 23.7 Å². The van der Waals surface area contributed by atoms with E-state index in [0.29, 0.717) is 25.4 Å². The molecular formula is C15H29NO6S. The first-order valence-electron chi connectivity index (χ1n) is 7.72. The molecule has 0 bridgehead atoms. The molecule has 23 heavy (non-hydrogen) atoms. The van der Waals surface area contributed by atoms with Crippen LogP contribution in [-0.4, -0.2) is 59.8 Å². The molecule has 2 N–H and O–H groups in total. The number of thioether (sulfide) groups is 1. The number of amides is 1. The minimum atomic E-state index is -1.09. The lowest BCUT2D eigenvalue weighted by atomic mass is 10.2. The molecule has 0 spiro atoms. The van der Waals surface area contributed by atoms with Gasteiger partial charge in [-0.15, -0.1) is 0 Å². The zero-order valence-corrected chi connectivity index (χ0v) is 15.4. The Labute approximate surface area is 142 Å².